The van der Waals surface area contributed by atoms with E-state index in [0.717, 1.165) is 58.5 Å². The highest BCUT2D eigenvalue weighted by atomic mass is 79.9. The number of hydrogen-bond acceptors (Lipinski definition) is 10. The van der Waals surface area contributed by atoms with E-state index in [0.29, 0.717) is 50.3 Å². The summed E-state index contributed by atoms with van der Waals surface area (Å²) >= 11 is 3.44. The van der Waals surface area contributed by atoms with E-state index in [2.05, 4.69) is 50.0 Å². The van der Waals surface area contributed by atoms with E-state index in [-0.39, 0.29) is 24.0 Å². The molecule has 14 nitrogen and oxygen atoms in total. The van der Waals surface area contributed by atoms with Gasteiger partial charge in [0.2, 0.25) is 0 Å². The zero-order chi connectivity index (χ0) is 48.8. The van der Waals surface area contributed by atoms with Gasteiger partial charge in [0.25, 0.3) is 11.8 Å². The minimum Gasteiger partial charge on any atom is -0.444 e. The molecule has 0 aliphatic carbocycles. The number of carbonyl (C=O) groups excluding carboxylic acids is 4. The predicted molar refractivity (Wildman–Crippen MR) is 264 cm³/mol. The molecule has 2 aliphatic rings. The molecule has 0 unspecified atom stereocenters. The van der Waals surface area contributed by atoms with Crippen molar-refractivity contribution in [2.75, 3.05) is 80.5 Å². The van der Waals surface area contributed by atoms with E-state index in [4.69, 9.17) is 19.5 Å². The third-order valence-corrected chi connectivity index (χ3v) is 11.0. The third kappa shape index (κ3) is 17.2. The van der Waals surface area contributed by atoms with Crippen molar-refractivity contribution in [3.05, 3.63) is 124 Å². The summed E-state index contributed by atoms with van der Waals surface area (Å²) in [7, 11) is 5.73. The lowest BCUT2D eigenvalue weighted by Gasteiger charge is -2.35. The lowest BCUT2D eigenvalue weighted by Crippen LogP contribution is -2.49. The van der Waals surface area contributed by atoms with Gasteiger partial charge >= 0.3 is 19.3 Å². The van der Waals surface area contributed by atoms with Crippen LogP contribution >= 0.6 is 15.9 Å². The van der Waals surface area contributed by atoms with Crippen molar-refractivity contribution >= 4 is 52.5 Å². The standard InChI is InChI=1S/C25H33N3O3.C19H28BrN3O3.C6H7BO2/c1-25(2,3)31-24(30)28-15-13-27(14-16-28)18-21-12-11-20(19-9-7-6-8-10-19)17-22(21)23(29)26(4)5;1-19(2,3)26-18(25)23-10-8-22(9-11-23)13-14-6-7-15(20)12-16(14)17(24)21(4)5;8-7(9)6-4-2-1-3-5-6/h6-12,17H,13-16,18H2,1-5H3;6-7,12H,8-11,13H2,1-5H3;1-5,8-9H. The molecule has 66 heavy (non-hydrogen) atoms. The second-order valence-corrected chi connectivity index (χ2v) is 19.6. The Morgan fingerprint density at radius 2 is 0.955 bits per heavy atom. The maximum atomic E-state index is 12.9. The van der Waals surface area contributed by atoms with E-state index in [1.807, 2.05) is 90.1 Å². The summed E-state index contributed by atoms with van der Waals surface area (Å²) < 4.78 is 11.8. The van der Waals surface area contributed by atoms with Crippen molar-refractivity contribution in [2.45, 2.75) is 65.8 Å². The first-order valence-electron chi connectivity index (χ1n) is 22.2. The monoisotopic (exact) mass is 970 g/mol. The lowest BCUT2D eigenvalue weighted by atomic mass is 9.81. The molecular formula is C50H68BBrN6O8. The number of rotatable bonds is 8. The van der Waals surface area contributed by atoms with Crippen LogP contribution < -0.4 is 5.46 Å². The van der Waals surface area contributed by atoms with Crippen molar-refractivity contribution in [2.24, 2.45) is 0 Å². The van der Waals surface area contributed by atoms with Gasteiger partial charge in [-0.25, -0.2) is 9.59 Å². The van der Waals surface area contributed by atoms with Gasteiger partial charge in [-0.2, -0.15) is 0 Å². The van der Waals surface area contributed by atoms with Crippen LogP contribution in [0, 0.1) is 0 Å². The van der Waals surface area contributed by atoms with Gasteiger partial charge in [0, 0.05) is 109 Å². The molecule has 0 atom stereocenters. The molecule has 0 saturated carbocycles. The van der Waals surface area contributed by atoms with E-state index in [1.54, 1.807) is 72.1 Å². The Labute approximate surface area is 400 Å². The topological polar surface area (TPSA) is 147 Å². The van der Waals surface area contributed by atoms with Gasteiger partial charge in [-0.15, -0.1) is 0 Å². The maximum absolute atomic E-state index is 12.9. The Morgan fingerprint density at radius 3 is 1.33 bits per heavy atom. The molecular weight excluding hydrogens is 903 g/mol. The molecule has 4 aromatic carbocycles. The predicted octanol–water partition coefficient (Wildman–Crippen LogP) is 6.68. The molecule has 4 amide bonds. The number of amides is 4. The second kappa shape index (κ2) is 24.5. The van der Waals surface area contributed by atoms with Crippen molar-refractivity contribution < 1.29 is 38.7 Å². The summed E-state index contributed by atoms with van der Waals surface area (Å²) in [6, 6.07) is 30.7. The van der Waals surface area contributed by atoms with Gasteiger partial charge in [-0.05, 0) is 87.5 Å². The Balaban J connectivity index is 0.000000245. The summed E-state index contributed by atoms with van der Waals surface area (Å²) in [5, 5.41) is 17.2. The van der Waals surface area contributed by atoms with Crippen LogP contribution in [0.15, 0.2) is 102 Å². The summed E-state index contributed by atoms with van der Waals surface area (Å²) in [6.07, 6.45) is -0.521. The number of nitrogens with zero attached hydrogens (tertiary/aromatic N) is 6. The number of ether oxygens (including phenoxy) is 2. The van der Waals surface area contributed by atoms with E-state index in [9.17, 15) is 19.2 Å². The molecule has 2 N–H and O–H groups in total. The fraction of sp³-hybridized carbons (Fsp3) is 0.440. The fourth-order valence-electron chi connectivity index (χ4n) is 7.03. The SMILES string of the molecule is CN(C)C(=O)c1cc(-c2ccccc2)ccc1CN1CCN(C(=O)OC(C)(C)C)CC1.CN(C)C(=O)c1cc(Br)ccc1CN1CCN(C(=O)OC(C)(C)C)CC1.OB(O)c1ccccc1. The van der Waals surface area contributed by atoms with Crippen LogP contribution in [0.5, 0.6) is 0 Å². The zero-order valence-electron chi connectivity index (χ0n) is 40.3. The molecule has 4 aromatic rings. The second-order valence-electron chi connectivity index (χ2n) is 18.7. The Morgan fingerprint density at radius 1 is 0.561 bits per heavy atom. The molecule has 16 heteroatoms. The highest BCUT2D eigenvalue weighted by Gasteiger charge is 2.28. The van der Waals surface area contributed by atoms with Crippen LogP contribution in [-0.4, -0.2) is 162 Å². The van der Waals surface area contributed by atoms with Crippen LogP contribution in [-0.2, 0) is 22.6 Å². The summed E-state index contributed by atoms with van der Waals surface area (Å²) in [6.45, 7) is 18.1. The number of hydrogen-bond donors (Lipinski definition) is 2. The fourth-order valence-corrected chi connectivity index (χ4v) is 7.39. The van der Waals surface area contributed by atoms with Crippen molar-refractivity contribution in [1.29, 1.82) is 0 Å². The molecule has 2 heterocycles. The van der Waals surface area contributed by atoms with Gasteiger partial charge in [0.15, 0.2) is 0 Å². The average molecular weight is 972 g/mol. The van der Waals surface area contributed by atoms with Gasteiger partial charge in [-0.3, -0.25) is 19.4 Å². The quantitative estimate of drug-likeness (QED) is 0.184. The molecule has 0 aromatic heterocycles. The van der Waals surface area contributed by atoms with Crippen molar-refractivity contribution in [1.82, 2.24) is 29.4 Å². The largest absolute Gasteiger partial charge is 0.488 e. The van der Waals surface area contributed by atoms with E-state index >= 15 is 0 Å². The number of piperazine rings is 2. The molecule has 0 spiro atoms. The first kappa shape index (κ1) is 53.4. The number of halogens is 1. The first-order valence-corrected chi connectivity index (χ1v) is 23.0. The molecule has 0 radical (unpaired) electrons. The Hall–Kier alpha value is -5.26. The van der Waals surface area contributed by atoms with Gasteiger partial charge in [0.05, 0.1) is 0 Å². The third-order valence-electron chi connectivity index (χ3n) is 10.5. The van der Waals surface area contributed by atoms with Crippen molar-refractivity contribution in [3.63, 3.8) is 0 Å². The lowest BCUT2D eigenvalue weighted by molar-refractivity contribution is 0.0129. The van der Waals surface area contributed by atoms with Crippen LogP contribution in [0.25, 0.3) is 11.1 Å². The molecule has 356 valence electrons. The first-order chi connectivity index (χ1) is 31.0. The van der Waals surface area contributed by atoms with Crippen LogP contribution in [0.4, 0.5) is 9.59 Å². The van der Waals surface area contributed by atoms with Crippen LogP contribution in [0.3, 0.4) is 0 Å². The van der Waals surface area contributed by atoms with E-state index < -0.39 is 18.3 Å². The molecule has 6 rings (SSSR count). The van der Waals surface area contributed by atoms with Gasteiger partial charge in [0.1, 0.15) is 11.2 Å². The summed E-state index contributed by atoms with van der Waals surface area (Å²) in [4.78, 5) is 61.1. The highest BCUT2D eigenvalue weighted by molar-refractivity contribution is 9.10. The maximum Gasteiger partial charge on any atom is 0.488 e. The van der Waals surface area contributed by atoms with E-state index in [1.165, 1.54) is 0 Å². The minimum atomic E-state index is -1.34. The van der Waals surface area contributed by atoms with Crippen LogP contribution in [0.1, 0.15) is 73.4 Å². The van der Waals surface area contributed by atoms with Crippen molar-refractivity contribution in [3.8, 4) is 11.1 Å². The molecule has 2 aliphatic heterocycles. The van der Waals surface area contributed by atoms with Crippen LogP contribution in [0.2, 0.25) is 0 Å². The number of carbonyl (C=O) groups is 4. The zero-order valence-corrected chi connectivity index (χ0v) is 41.9. The minimum absolute atomic E-state index is 0.000159. The average Bonchev–Trinajstić information content (AvgIpc) is 3.27. The summed E-state index contributed by atoms with van der Waals surface area (Å²) in [5.74, 6) is -0.00568. The summed E-state index contributed by atoms with van der Waals surface area (Å²) in [5.41, 5.74) is 5.11. The normalized spacial score (nSPS) is 14.4. The molecule has 2 saturated heterocycles. The Bertz CT molecular complexity index is 2200. The number of benzene rings is 4. The molecule has 0 bridgehead atoms. The smallest absolute Gasteiger partial charge is 0.444 e. The van der Waals surface area contributed by atoms with Gasteiger partial charge < -0.3 is 39.1 Å². The highest BCUT2D eigenvalue weighted by Crippen LogP contribution is 2.25. The molecule has 2 fully saturated rings. The van der Waals surface area contributed by atoms with Gasteiger partial charge in [-0.1, -0.05) is 94.8 Å². The Kier molecular flexibility index (Phi) is 19.8.